The van der Waals surface area contributed by atoms with E-state index in [-0.39, 0.29) is 13.2 Å². The van der Waals surface area contributed by atoms with Crippen LogP contribution in [0.4, 0.5) is 0 Å². The maximum absolute atomic E-state index is 9.16. The van der Waals surface area contributed by atoms with Gasteiger partial charge in [0, 0.05) is 22.2 Å². The molecule has 0 saturated heterocycles. The minimum atomic E-state index is -0.0312. The van der Waals surface area contributed by atoms with Crippen molar-refractivity contribution in [1.29, 1.82) is 5.26 Å². The molecule has 3 nitrogen and oxygen atoms in total. The molecule has 76 valence electrons. The van der Waals surface area contributed by atoms with Crippen molar-refractivity contribution in [3.05, 3.63) is 35.0 Å². The fourth-order valence-corrected chi connectivity index (χ4v) is 1.84. The van der Waals surface area contributed by atoms with E-state index in [2.05, 4.69) is 6.07 Å². The number of nitriles is 1. The SMILES string of the molecule is N#CCn1cc(CO)c2ccc(Cl)cc21. The summed E-state index contributed by atoms with van der Waals surface area (Å²) in [5, 5.41) is 19.4. The lowest BCUT2D eigenvalue weighted by Gasteiger charge is -1.98. The number of rotatable bonds is 2. The van der Waals surface area contributed by atoms with Gasteiger partial charge in [-0.2, -0.15) is 5.26 Å². The van der Waals surface area contributed by atoms with Gasteiger partial charge in [0.15, 0.2) is 0 Å². The zero-order valence-corrected chi connectivity index (χ0v) is 8.70. The highest BCUT2D eigenvalue weighted by Gasteiger charge is 2.07. The van der Waals surface area contributed by atoms with E-state index in [1.165, 1.54) is 0 Å². The summed E-state index contributed by atoms with van der Waals surface area (Å²) >= 11 is 5.88. The van der Waals surface area contributed by atoms with Gasteiger partial charge in [0.05, 0.1) is 18.2 Å². The number of aliphatic hydroxyl groups excluding tert-OH is 1. The van der Waals surface area contributed by atoms with Crippen molar-refractivity contribution in [2.24, 2.45) is 0 Å². The van der Waals surface area contributed by atoms with Crippen LogP contribution in [0, 0.1) is 11.3 Å². The zero-order chi connectivity index (χ0) is 10.8. The van der Waals surface area contributed by atoms with Gasteiger partial charge >= 0.3 is 0 Å². The first-order chi connectivity index (χ1) is 7.26. The highest BCUT2D eigenvalue weighted by Crippen LogP contribution is 2.24. The summed E-state index contributed by atoms with van der Waals surface area (Å²) in [5.41, 5.74) is 1.70. The molecule has 0 aliphatic heterocycles. The molecule has 0 aliphatic rings. The Hall–Kier alpha value is -1.50. The van der Waals surface area contributed by atoms with Crippen molar-refractivity contribution < 1.29 is 5.11 Å². The first kappa shape index (κ1) is 10.0. The largest absolute Gasteiger partial charge is 0.392 e. The lowest BCUT2D eigenvalue weighted by Crippen LogP contribution is -1.92. The van der Waals surface area contributed by atoms with Crippen LogP contribution in [0.5, 0.6) is 0 Å². The molecule has 0 saturated carbocycles. The molecule has 2 aromatic rings. The number of fused-ring (bicyclic) bond motifs is 1. The number of hydrogen-bond acceptors (Lipinski definition) is 2. The van der Waals surface area contributed by atoms with Crippen LogP contribution >= 0.6 is 11.6 Å². The molecule has 0 amide bonds. The molecule has 1 N–H and O–H groups in total. The third kappa shape index (κ3) is 1.70. The van der Waals surface area contributed by atoms with E-state index >= 15 is 0 Å². The maximum atomic E-state index is 9.16. The van der Waals surface area contributed by atoms with E-state index in [1.54, 1.807) is 22.9 Å². The number of hydrogen-bond donors (Lipinski definition) is 1. The summed E-state index contributed by atoms with van der Waals surface area (Å²) in [6, 6.07) is 7.51. The van der Waals surface area contributed by atoms with Crippen LogP contribution in [0.15, 0.2) is 24.4 Å². The van der Waals surface area contributed by atoms with Crippen molar-refractivity contribution in [2.75, 3.05) is 0 Å². The van der Waals surface area contributed by atoms with Gasteiger partial charge in [-0.3, -0.25) is 0 Å². The molecule has 4 heteroatoms. The van der Waals surface area contributed by atoms with Crippen LogP contribution in [0.25, 0.3) is 10.9 Å². The Bertz CT molecular complexity index is 539. The van der Waals surface area contributed by atoms with Crippen LogP contribution in [0.1, 0.15) is 5.56 Å². The molecule has 2 rings (SSSR count). The summed E-state index contributed by atoms with van der Waals surface area (Å²) in [6.45, 7) is 0.230. The Labute approximate surface area is 92.1 Å². The van der Waals surface area contributed by atoms with E-state index in [0.29, 0.717) is 5.02 Å². The number of aromatic nitrogens is 1. The molecule has 0 spiro atoms. The average Bonchev–Trinajstić information content (AvgIpc) is 2.57. The first-order valence-electron chi connectivity index (χ1n) is 4.51. The van der Waals surface area contributed by atoms with E-state index in [4.69, 9.17) is 22.0 Å². The summed E-state index contributed by atoms with van der Waals surface area (Å²) in [5.74, 6) is 0. The van der Waals surface area contributed by atoms with Gasteiger partial charge in [-0.1, -0.05) is 17.7 Å². The fraction of sp³-hybridized carbons (Fsp3) is 0.182. The molecule has 1 aromatic heterocycles. The Morgan fingerprint density at radius 1 is 1.47 bits per heavy atom. The number of nitrogens with zero attached hydrogens (tertiary/aromatic N) is 2. The average molecular weight is 221 g/mol. The summed E-state index contributed by atoms with van der Waals surface area (Å²) in [6.07, 6.45) is 1.78. The van der Waals surface area contributed by atoms with E-state index in [9.17, 15) is 0 Å². The first-order valence-corrected chi connectivity index (χ1v) is 4.89. The molecule has 0 bridgehead atoms. The van der Waals surface area contributed by atoms with Crippen LogP contribution in [0.2, 0.25) is 5.02 Å². The van der Waals surface area contributed by atoms with Crippen molar-refractivity contribution >= 4 is 22.5 Å². The van der Waals surface area contributed by atoms with Gasteiger partial charge in [-0.05, 0) is 12.1 Å². The highest BCUT2D eigenvalue weighted by molar-refractivity contribution is 6.31. The van der Waals surface area contributed by atoms with Crippen LogP contribution < -0.4 is 0 Å². The standard InChI is InChI=1S/C11H9ClN2O/c12-9-1-2-10-8(7-15)6-14(4-3-13)11(10)5-9/h1-2,5-6,15H,4,7H2. The highest BCUT2D eigenvalue weighted by atomic mass is 35.5. The van der Waals surface area contributed by atoms with E-state index in [1.807, 2.05) is 6.07 Å². The van der Waals surface area contributed by atoms with Crippen molar-refractivity contribution in [2.45, 2.75) is 13.2 Å². The van der Waals surface area contributed by atoms with Crippen molar-refractivity contribution in [3.8, 4) is 6.07 Å². The summed E-state index contributed by atoms with van der Waals surface area (Å²) < 4.78 is 1.78. The monoisotopic (exact) mass is 220 g/mol. The predicted molar refractivity (Wildman–Crippen MR) is 58.5 cm³/mol. The number of halogens is 1. The molecule has 0 unspecified atom stereocenters. The Kier molecular flexibility index (Phi) is 2.63. The maximum Gasteiger partial charge on any atom is 0.110 e. The molecule has 1 aromatic carbocycles. The molecule has 0 aliphatic carbocycles. The third-order valence-corrected chi connectivity index (χ3v) is 2.57. The quantitative estimate of drug-likeness (QED) is 0.845. The minimum absolute atomic E-state index is 0.0312. The van der Waals surface area contributed by atoms with Gasteiger partial charge in [0.2, 0.25) is 0 Å². The molecule has 0 fully saturated rings. The normalized spacial score (nSPS) is 10.5. The van der Waals surface area contributed by atoms with E-state index < -0.39 is 0 Å². The second-order valence-electron chi connectivity index (χ2n) is 3.26. The lowest BCUT2D eigenvalue weighted by atomic mass is 10.2. The molecular weight excluding hydrogens is 212 g/mol. The molecule has 0 radical (unpaired) electrons. The van der Waals surface area contributed by atoms with Gasteiger partial charge in [0.25, 0.3) is 0 Å². The number of benzene rings is 1. The Morgan fingerprint density at radius 2 is 2.27 bits per heavy atom. The second-order valence-corrected chi connectivity index (χ2v) is 3.70. The van der Waals surface area contributed by atoms with Gasteiger partial charge < -0.3 is 9.67 Å². The van der Waals surface area contributed by atoms with Gasteiger partial charge in [-0.15, -0.1) is 0 Å². The van der Waals surface area contributed by atoms with Gasteiger partial charge in [0.1, 0.15) is 6.54 Å². The lowest BCUT2D eigenvalue weighted by molar-refractivity contribution is 0.283. The Morgan fingerprint density at radius 3 is 2.93 bits per heavy atom. The smallest absolute Gasteiger partial charge is 0.110 e. The summed E-state index contributed by atoms with van der Waals surface area (Å²) in [4.78, 5) is 0. The zero-order valence-electron chi connectivity index (χ0n) is 7.94. The van der Waals surface area contributed by atoms with Crippen molar-refractivity contribution in [1.82, 2.24) is 4.57 Å². The predicted octanol–water partition coefficient (Wildman–Crippen LogP) is 2.31. The number of aliphatic hydroxyl groups is 1. The summed E-state index contributed by atoms with van der Waals surface area (Å²) in [7, 11) is 0. The Balaban J connectivity index is 2.71. The fourth-order valence-electron chi connectivity index (χ4n) is 1.67. The topological polar surface area (TPSA) is 49.0 Å². The van der Waals surface area contributed by atoms with E-state index in [0.717, 1.165) is 16.5 Å². The second kappa shape index (κ2) is 3.93. The minimum Gasteiger partial charge on any atom is -0.392 e. The third-order valence-electron chi connectivity index (χ3n) is 2.34. The van der Waals surface area contributed by atoms with Crippen LogP contribution in [0.3, 0.4) is 0 Å². The van der Waals surface area contributed by atoms with Crippen LogP contribution in [-0.4, -0.2) is 9.67 Å². The molecule has 0 atom stereocenters. The molecular formula is C11H9ClN2O. The molecule has 15 heavy (non-hydrogen) atoms. The van der Waals surface area contributed by atoms with Crippen molar-refractivity contribution in [3.63, 3.8) is 0 Å². The van der Waals surface area contributed by atoms with Gasteiger partial charge in [-0.25, -0.2) is 0 Å². The molecule has 1 heterocycles. The van der Waals surface area contributed by atoms with Crippen LogP contribution in [-0.2, 0) is 13.2 Å².